The van der Waals surface area contributed by atoms with E-state index in [-0.39, 0.29) is 11.7 Å². The maximum absolute atomic E-state index is 13.3. The number of rotatable bonds is 5. The molecule has 1 aliphatic rings. The van der Waals surface area contributed by atoms with Crippen molar-refractivity contribution in [2.24, 2.45) is 0 Å². The fourth-order valence-electron chi connectivity index (χ4n) is 4.03. The van der Waals surface area contributed by atoms with Crippen molar-refractivity contribution in [3.05, 3.63) is 70.6 Å². The van der Waals surface area contributed by atoms with Crippen molar-refractivity contribution in [3.8, 4) is 0 Å². The van der Waals surface area contributed by atoms with Crippen LogP contribution in [0.3, 0.4) is 0 Å². The monoisotopic (exact) mass is 400 g/mol. The number of ether oxygens (including phenoxy) is 1. The summed E-state index contributed by atoms with van der Waals surface area (Å²) in [5.41, 5.74) is 2.01. The fraction of sp³-hybridized carbons (Fsp3) is 0.318. The third-order valence-corrected chi connectivity index (χ3v) is 5.91. The molecule has 2 aromatic carbocycles. The van der Waals surface area contributed by atoms with Gasteiger partial charge in [0.05, 0.1) is 5.41 Å². The number of carbonyl (C=O) groups is 1. The number of hydrogen-bond acceptors (Lipinski definition) is 2. The Balaban J connectivity index is 1.50. The van der Waals surface area contributed by atoms with Crippen LogP contribution in [0.15, 0.2) is 48.7 Å². The summed E-state index contributed by atoms with van der Waals surface area (Å²) < 4.78 is 18.8. The fourth-order valence-corrected chi connectivity index (χ4v) is 4.35. The molecule has 4 rings (SSSR count). The quantitative estimate of drug-likeness (QED) is 0.668. The second-order valence-electron chi connectivity index (χ2n) is 7.18. The molecule has 28 heavy (non-hydrogen) atoms. The highest BCUT2D eigenvalue weighted by Gasteiger charge is 2.42. The van der Waals surface area contributed by atoms with Gasteiger partial charge in [-0.15, -0.1) is 0 Å². The Hall–Kier alpha value is -2.37. The van der Waals surface area contributed by atoms with E-state index in [9.17, 15) is 9.18 Å². The average molecular weight is 401 g/mol. The van der Waals surface area contributed by atoms with Gasteiger partial charge in [-0.2, -0.15) is 0 Å². The van der Waals surface area contributed by atoms with Crippen molar-refractivity contribution in [2.75, 3.05) is 19.8 Å². The van der Waals surface area contributed by atoms with Crippen molar-refractivity contribution < 1.29 is 13.9 Å². The number of aromatic amines is 1. The lowest BCUT2D eigenvalue weighted by atomic mass is 9.73. The number of carbonyl (C=O) groups excluding carboxylic acids is 1. The predicted octanol–water partition coefficient (Wildman–Crippen LogP) is 4.37. The molecular weight excluding hydrogens is 379 g/mol. The first-order chi connectivity index (χ1) is 13.6. The summed E-state index contributed by atoms with van der Waals surface area (Å²) in [6.07, 6.45) is 3.74. The third kappa shape index (κ3) is 3.52. The number of fused-ring (bicyclic) bond motifs is 1. The smallest absolute Gasteiger partial charge is 0.230 e. The van der Waals surface area contributed by atoms with Crippen LogP contribution in [0.2, 0.25) is 5.02 Å². The normalized spacial score (nSPS) is 16.2. The molecule has 6 heteroatoms. The minimum Gasteiger partial charge on any atom is -0.381 e. The second kappa shape index (κ2) is 7.94. The molecule has 2 heterocycles. The predicted molar refractivity (Wildman–Crippen MR) is 108 cm³/mol. The Morgan fingerprint density at radius 1 is 1.21 bits per heavy atom. The lowest BCUT2D eigenvalue weighted by molar-refractivity contribution is -0.130. The maximum atomic E-state index is 13.3. The highest BCUT2D eigenvalue weighted by molar-refractivity contribution is 6.31. The Morgan fingerprint density at radius 3 is 2.79 bits per heavy atom. The number of halogens is 2. The number of H-pyrrole nitrogens is 1. The van der Waals surface area contributed by atoms with Crippen LogP contribution in [0, 0.1) is 5.82 Å². The van der Waals surface area contributed by atoms with Gasteiger partial charge >= 0.3 is 0 Å². The SMILES string of the molecule is O=C(NCCc1c[nH]c2cc(F)ccc12)C1(c2ccccc2Cl)CCOCC1. The molecule has 146 valence electrons. The van der Waals surface area contributed by atoms with Crippen molar-refractivity contribution in [1.29, 1.82) is 0 Å². The Morgan fingerprint density at radius 2 is 2.00 bits per heavy atom. The van der Waals surface area contributed by atoms with Crippen LogP contribution in [0.1, 0.15) is 24.0 Å². The molecule has 0 saturated carbocycles. The molecule has 4 nitrogen and oxygen atoms in total. The average Bonchev–Trinajstić information content (AvgIpc) is 3.10. The van der Waals surface area contributed by atoms with Crippen LogP contribution in [0.25, 0.3) is 10.9 Å². The highest BCUT2D eigenvalue weighted by Crippen LogP contribution is 2.38. The number of aromatic nitrogens is 1. The summed E-state index contributed by atoms with van der Waals surface area (Å²) in [4.78, 5) is 16.3. The van der Waals surface area contributed by atoms with Crippen molar-refractivity contribution in [3.63, 3.8) is 0 Å². The molecule has 0 unspecified atom stereocenters. The van der Waals surface area contributed by atoms with Gasteiger partial charge < -0.3 is 15.0 Å². The van der Waals surface area contributed by atoms with Gasteiger partial charge in [-0.25, -0.2) is 4.39 Å². The molecule has 0 radical (unpaired) electrons. The highest BCUT2D eigenvalue weighted by atomic mass is 35.5. The van der Waals surface area contributed by atoms with Crippen LogP contribution in [-0.2, 0) is 21.4 Å². The minimum absolute atomic E-state index is 0.0187. The topological polar surface area (TPSA) is 54.1 Å². The zero-order valence-electron chi connectivity index (χ0n) is 15.4. The molecule has 0 bridgehead atoms. The van der Waals surface area contributed by atoms with Gasteiger partial charge in [0, 0.05) is 41.9 Å². The first-order valence-electron chi connectivity index (χ1n) is 9.47. The summed E-state index contributed by atoms with van der Waals surface area (Å²) in [5.74, 6) is -0.287. The van der Waals surface area contributed by atoms with Crippen molar-refractivity contribution in [1.82, 2.24) is 10.3 Å². The van der Waals surface area contributed by atoms with Gasteiger partial charge in [0.2, 0.25) is 5.91 Å². The van der Waals surface area contributed by atoms with Crippen molar-refractivity contribution in [2.45, 2.75) is 24.7 Å². The van der Waals surface area contributed by atoms with Crippen LogP contribution < -0.4 is 5.32 Å². The van der Waals surface area contributed by atoms with E-state index in [2.05, 4.69) is 10.3 Å². The molecule has 3 aromatic rings. The molecule has 1 aliphatic heterocycles. The third-order valence-electron chi connectivity index (χ3n) is 5.58. The van der Waals surface area contributed by atoms with E-state index in [1.807, 2.05) is 30.5 Å². The Bertz CT molecular complexity index is 995. The molecule has 0 atom stereocenters. The summed E-state index contributed by atoms with van der Waals surface area (Å²) in [5, 5.41) is 4.68. The molecule has 0 spiro atoms. The summed E-state index contributed by atoms with van der Waals surface area (Å²) in [6, 6.07) is 12.2. The molecule has 1 aromatic heterocycles. The Labute approximate surface area is 168 Å². The number of benzene rings is 2. The molecule has 1 fully saturated rings. The van der Waals surface area contributed by atoms with E-state index in [0.29, 0.717) is 44.0 Å². The summed E-state index contributed by atoms with van der Waals surface area (Å²) in [6.45, 7) is 1.57. The second-order valence-corrected chi connectivity index (χ2v) is 7.59. The summed E-state index contributed by atoms with van der Waals surface area (Å²) in [7, 11) is 0. The van der Waals surface area contributed by atoms with Gasteiger partial charge in [-0.3, -0.25) is 4.79 Å². The van der Waals surface area contributed by atoms with Gasteiger partial charge in [0.15, 0.2) is 0 Å². The zero-order chi connectivity index (χ0) is 19.6. The van der Waals surface area contributed by atoms with Crippen LogP contribution in [0.4, 0.5) is 4.39 Å². The first kappa shape index (κ1) is 19.0. The lowest BCUT2D eigenvalue weighted by Gasteiger charge is -2.36. The number of hydrogen-bond donors (Lipinski definition) is 2. The number of nitrogens with one attached hydrogen (secondary N) is 2. The van der Waals surface area contributed by atoms with E-state index in [0.717, 1.165) is 22.0 Å². The maximum Gasteiger partial charge on any atom is 0.230 e. The number of amides is 1. The van der Waals surface area contributed by atoms with E-state index in [1.165, 1.54) is 12.1 Å². The van der Waals surface area contributed by atoms with E-state index in [1.54, 1.807) is 6.07 Å². The largest absolute Gasteiger partial charge is 0.381 e. The molecular formula is C22H22ClFN2O2. The van der Waals surface area contributed by atoms with E-state index >= 15 is 0 Å². The molecule has 1 saturated heterocycles. The van der Waals surface area contributed by atoms with Crippen LogP contribution >= 0.6 is 11.6 Å². The van der Waals surface area contributed by atoms with Gasteiger partial charge in [0.1, 0.15) is 5.82 Å². The van der Waals surface area contributed by atoms with Crippen molar-refractivity contribution >= 4 is 28.4 Å². The minimum atomic E-state index is -0.667. The van der Waals surface area contributed by atoms with Gasteiger partial charge in [0.25, 0.3) is 0 Å². The van der Waals surface area contributed by atoms with Crippen LogP contribution in [-0.4, -0.2) is 30.6 Å². The lowest BCUT2D eigenvalue weighted by Crippen LogP contribution is -2.48. The standard InChI is InChI=1S/C22H22ClFN2O2/c23-19-4-2-1-3-18(19)22(8-11-28-12-9-22)21(27)25-10-7-15-14-26-20-13-16(24)5-6-17(15)20/h1-6,13-14,26H,7-12H2,(H,25,27). The first-order valence-corrected chi connectivity index (χ1v) is 9.84. The molecule has 1 amide bonds. The molecule has 0 aliphatic carbocycles. The van der Waals surface area contributed by atoms with Crippen LogP contribution in [0.5, 0.6) is 0 Å². The van der Waals surface area contributed by atoms with Gasteiger partial charge in [-0.1, -0.05) is 29.8 Å². The van der Waals surface area contributed by atoms with E-state index in [4.69, 9.17) is 16.3 Å². The molecule has 2 N–H and O–H groups in total. The van der Waals surface area contributed by atoms with Gasteiger partial charge in [-0.05, 0) is 54.7 Å². The zero-order valence-corrected chi connectivity index (χ0v) is 16.2. The Kier molecular flexibility index (Phi) is 5.38. The summed E-state index contributed by atoms with van der Waals surface area (Å²) >= 11 is 6.43. The van der Waals surface area contributed by atoms with E-state index < -0.39 is 5.41 Å².